The summed E-state index contributed by atoms with van der Waals surface area (Å²) in [5.41, 5.74) is 3.58. The first-order chi connectivity index (χ1) is 9.10. The van der Waals surface area contributed by atoms with Crippen LogP contribution in [0.2, 0.25) is 0 Å². The zero-order chi connectivity index (χ0) is 13.8. The molecule has 0 aliphatic carbocycles. The number of rotatable bonds is 5. The van der Waals surface area contributed by atoms with Crippen LogP contribution in [0.25, 0.3) is 0 Å². The maximum Gasteiger partial charge on any atom is 0.144 e. The number of ketones is 1. The van der Waals surface area contributed by atoms with Crippen LogP contribution in [0.3, 0.4) is 0 Å². The van der Waals surface area contributed by atoms with Crippen molar-refractivity contribution in [3.63, 3.8) is 0 Å². The summed E-state index contributed by atoms with van der Waals surface area (Å²) in [6, 6.07) is 6.21. The molecule has 2 rings (SSSR count). The molecule has 0 amide bonds. The summed E-state index contributed by atoms with van der Waals surface area (Å²) in [6.07, 6.45) is 4.56. The van der Waals surface area contributed by atoms with Crippen LogP contribution in [0.1, 0.15) is 29.4 Å². The summed E-state index contributed by atoms with van der Waals surface area (Å²) in [4.78, 5) is 16.3. The summed E-state index contributed by atoms with van der Waals surface area (Å²) >= 11 is 0. The number of aryl methyl sites for hydroxylation is 3. The van der Waals surface area contributed by atoms with Gasteiger partial charge in [0.2, 0.25) is 0 Å². The van der Waals surface area contributed by atoms with E-state index in [9.17, 15) is 4.79 Å². The number of imidazole rings is 1. The van der Waals surface area contributed by atoms with Crippen molar-refractivity contribution in [3.05, 3.63) is 53.1 Å². The van der Waals surface area contributed by atoms with Gasteiger partial charge in [0.05, 0.1) is 6.42 Å². The quantitative estimate of drug-likeness (QED) is 0.824. The molecule has 0 spiro atoms. The topological polar surface area (TPSA) is 34.9 Å². The van der Waals surface area contributed by atoms with Crippen LogP contribution >= 0.6 is 0 Å². The molecule has 0 saturated heterocycles. The molecule has 19 heavy (non-hydrogen) atoms. The first-order valence-electron chi connectivity index (χ1n) is 6.68. The zero-order valence-electron chi connectivity index (χ0n) is 11.8. The monoisotopic (exact) mass is 256 g/mol. The summed E-state index contributed by atoms with van der Waals surface area (Å²) in [6.45, 7) is 7.07. The fourth-order valence-corrected chi connectivity index (χ4v) is 2.18. The fraction of sp³-hybridized carbons (Fsp3) is 0.375. The van der Waals surface area contributed by atoms with Crippen molar-refractivity contribution in [1.82, 2.24) is 9.55 Å². The average molecular weight is 256 g/mol. The van der Waals surface area contributed by atoms with Crippen molar-refractivity contribution < 1.29 is 4.79 Å². The van der Waals surface area contributed by atoms with E-state index in [1.54, 1.807) is 6.20 Å². The Balaban J connectivity index is 2.03. The van der Waals surface area contributed by atoms with Crippen molar-refractivity contribution in [1.29, 1.82) is 0 Å². The summed E-state index contributed by atoms with van der Waals surface area (Å²) < 4.78 is 2.01. The molecule has 0 aliphatic heterocycles. The van der Waals surface area contributed by atoms with Gasteiger partial charge < -0.3 is 4.57 Å². The molecule has 3 heteroatoms. The first-order valence-corrected chi connectivity index (χ1v) is 6.68. The van der Waals surface area contributed by atoms with Gasteiger partial charge in [-0.15, -0.1) is 0 Å². The highest BCUT2D eigenvalue weighted by Crippen LogP contribution is 2.11. The summed E-state index contributed by atoms with van der Waals surface area (Å²) in [7, 11) is 0. The maximum atomic E-state index is 12.1. The molecular formula is C16H20N2O. The Morgan fingerprint density at radius 2 is 2.00 bits per heavy atom. The van der Waals surface area contributed by atoms with E-state index in [0.29, 0.717) is 12.8 Å². The van der Waals surface area contributed by atoms with E-state index in [1.807, 2.05) is 16.8 Å². The Morgan fingerprint density at radius 1 is 1.21 bits per heavy atom. The van der Waals surface area contributed by atoms with E-state index >= 15 is 0 Å². The number of hydrogen-bond acceptors (Lipinski definition) is 2. The smallest absolute Gasteiger partial charge is 0.144 e. The zero-order valence-corrected chi connectivity index (χ0v) is 11.8. The number of carbonyl (C=O) groups is 1. The minimum absolute atomic E-state index is 0.212. The molecule has 1 aromatic heterocycles. The van der Waals surface area contributed by atoms with Crippen molar-refractivity contribution in [2.75, 3.05) is 0 Å². The van der Waals surface area contributed by atoms with Crippen LogP contribution < -0.4 is 0 Å². The minimum Gasteiger partial charge on any atom is -0.335 e. The Bertz CT molecular complexity index is 584. The van der Waals surface area contributed by atoms with Crippen LogP contribution in [-0.2, 0) is 24.2 Å². The number of aromatic nitrogens is 2. The highest BCUT2D eigenvalue weighted by molar-refractivity contribution is 5.82. The first kappa shape index (κ1) is 13.5. The van der Waals surface area contributed by atoms with E-state index in [-0.39, 0.29) is 5.78 Å². The molecule has 3 nitrogen and oxygen atoms in total. The van der Waals surface area contributed by atoms with Gasteiger partial charge in [-0.2, -0.15) is 0 Å². The highest BCUT2D eigenvalue weighted by Gasteiger charge is 2.09. The predicted molar refractivity (Wildman–Crippen MR) is 76.2 cm³/mol. The molecule has 0 radical (unpaired) electrons. The van der Waals surface area contributed by atoms with Gasteiger partial charge in [-0.25, -0.2) is 4.98 Å². The second kappa shape index (κ2) is 5.83. The third-order valence-electron chi connectivity index (χ3n) is 3.47. The van der Waals surface area contributed by atoms with E-state index in [4.69, 9.17) is 0 Å². The molecule has 0 fully saturated rings. The molecule has 0 N–H and O–H groups in total. The normalized spacial score (nSPS) is 10.7. The molecular weight excluding hydrogens is 236 g/mol. The lowest BCUT2D eigenvalue weighted by atomic mass is 10.0. The molecule has 2 aromatic rings. The summed E-state index contributed by atoms with van der Waals surface area (Å²) in [5.74, 6) is 1.07. The van der Waals surface area contributed by atoms with Crippen LogP contribution in [-0.4, -0.2) is 15.3 Å². The largest absolute Gasteiger partial charge is 0.335 e. The van der Waals surface area contributed by atoms with Gasteiger partial charge in [-0.05, 0) is 37.5 Å². The lowest BCUT2D eigenvalue weighted by molar-refractivity contribution is -0.117. The molecule has 1 aromatic carbocycles. The standard InChI is InChI=1S/C16H20N2O/c1-4-18-8-7-17-16(18)11-15(19)10-14-6-5-12(2)13(3)9-14/h5-9H,4,10-11H2,1-3H3. The number of nitrogens with zero attached hydrogens (tertiary/aromatic N) is 2. The van der Waals surface area contributed by atoms with E-state index < -0.39 is 0 Å². The molecule has 1 heterocycles. The molecule has 0 bridgehead atoms. The Hall–Kier alpha value is -1.90. The van der Waals surface area contributed by atoms with Gasteiger partial charge in [0.15, 0.2) is 0 Å². The average Bonchev–Trinajstić information content (AvgIpc) is 2.81. The van der Waals surface area contributed by atoms with E-state index in [2.05, 4.69) is 37.9 Å². The van der Waals surface area contributed by atoms with Gasteiger partial charge in [-0.1, -0.05) is 18.2 Å². The van der Waals surface area contributed by atoms with Crippen molar-refractivity contribution in [3.8, 4) is 0 Å². The van der Waals surface area contributed by atoms with E-state index in [0.717, 1.165) is 17.9 Å². The lowest BCUT2D eigenvalue weighted by Gasteiger charge is -2.06. The molecule has 0 aliphatic rings. The van der Waals surface area contributed by atoms with Crippen LogP contribution in [0.4, 0.5) is 0 Å². The Labute approximate surface area is 114 Å². The van der Waals surface area contributed by atoms with Gasteiger partial charge in [0, 0.05) is 25.4 Å². The molecule has 0 saturated carbocycles. The Morgan fingerprint density at radius 3 is 2.68 bits per heavy atom. The van der Waals surface area contributed by atoms with Crippen LogP contribution in [0.15, 0.2) is 30.6 Å². The molecule has 0 unspecified atom stereocenters. The second-order valence-corrected chi connectivity index (χ2v) is 4.94. The van der Waals surface area contributed by atoms with Gasteiger partial charge in [0.1, 0.15) is 11.6 Å². The van der Waals surface area contributed by atoms with Gasteiger partial charge in [-0.3, -0.25) is 4.79 Å². The van der Waals surface area contributed by atoms with Crippen molar-refractivity contribution in [2.24, 2.45) is 0 Å². The minimum atomic E-state index is 0.212. The third-order valence-corrected chi connectivity index (χ3v) is 3.47. The fourth-order valence-electron chi connectivity index (χ4n) is 2.18. The second-order valence-electron chi connectivity index (χ2n) is 4.94. The third kappa shape index (κ3) is 3.31. The summed E-state index contributed by atoms with van der Waals surface area (Å²) in [5, 5.41) is 0. The predicted octanol–water partition coefficient (Wildman–Crippen LogP) is 2.87. The van der Waals surface area contributed by atoms with Crippen molar-refractivity contribution in [2.45, 2.75) is 40.2 Å². The van der Waals surface area contributed by atoms with Gasteiger partial charge >= 0.3 is 0 Å². The van der Waals surface area contributed by atoms with E-state index in [1.165, 1.54) is 11.1 Å². The molecule has 0 atom stereocenters. The van der Waals surface area contributed by atoms with Gasteiger partial charge in [0.25, 0.3) is 0 Å². The Kier molecular flexibility index (Phi) is 4.15. The van der Waals surface area contributed by atoms with Crippen LogP contribution in [0, 0.1) is 13.8 Å². The van der Waals surface area contributed by atoms with Crippen molar-refractivity contribution >= 4 is 5.78 Å². The number of Topliss-reactive ketones (excluding diaryl/α,β-unsaturated/α-hetero) is 1. The number of benzene rings is 1. The molecule has 100 valence electrons. The van der Waals surface area contributed by atoms with Crippen LogP contribution in [0.5, 0.6) is 0 Å². The highest BCUT2D eigenvalue weighted by atomic mass is 16.1. The number of hydrogen-bond donors (Lipinski definition) is 0. The SMILES string of the molecule is CCn1ccnc1CC(=O)Cc1ccc(C)c(C)c1. The lowest BCUT2D eigenvalue weighted by Crippen LogP contribution is -2.11. The number of carbonyl (C=O) groups excluding carboxylic acids is 1. The maximum absolute atomic E-state index is 12.1.